The van der Waals surface area contributed by atoms with Gasteiger partial charge in [-0.1, -0.05) is 278 Å². The number of phosphoric ester groups is 2. The van der Waals surface area contributed by atoms with E-state index in [-0.39, 0.29) is 25.7 Å². The number of hydrogen-bond acceptors (Lipinski definition) is 15. The number of unbranched alkanes of at least 4 members (excludes halogenated alkanes) is 30. The number of hydrogen-bond donors (Lipinski definition) is 3. The van der Waals surface area contributed by atoms with Crippen molar-refractivity contribution < 1.29 is 80.2 Å². The highest BCUT2D eigenvalue weighted by atomic mass is 31.2. The molecule has 0 amide bonds. The fraction of sp³-hybridized carbons (Fsp3) is 0.718. The highest BCUT2D eigenvalue weighted by Gasteiger charge is 2.30. The van der Waals surface area contributed by atoms with Crippen LogP contribution < -0.4 is 0 Å². The second kappa shape index (κ2) is 76.6. The molecule has 0 aliphatic heterocycles. The minimum atomic E-state index is -5.01. The van der Waals surface area contributed by atoms with Gasteiger partial charge in [-0.15, -0.1) is 0 Å². The third-order valence-electron chi connectivity index (χ3n) is 16.9. The fourth-order valence-electron chi connectivity index (χ4n) is 10.6. The van der Waals surface area contributed by atoms with Gasteiger partial charge in [0.25, 0.3) is 0 Å². The van der Waals surface area contributed by atoms with E-state index in [2.05, 4.69) is 125 Å². The van der Waals surface area contributed by atoms with E-state index >= 15 is 0 Å². The molecule has 19 heteroatoms. The number of ether oxygens (including phenoxy) is 4. The van der Waals surface area contributed by atoms with Gasteiger partial charge in [-0.25, -0.2) is 9.13 Å². The van der Waals surface area contributed by atoms with Gasteiger partial charge in [0.1, 0.15) is 19.3 Å². The number of rotatable bonds is 76. The zero-order valence-corrected chi connectivity index (χ0v) is 67.2. The predicted molar refractivity (Wildman–Crippen MR) is 427 cm³/mol. The Morgan fingerprint density at radius 2 is 0.481 bits per heavy atom. The van der Waals surface area contributed by atoms with Crippen LogP contribution in [0.3, 0.4) is 0 Å². The van der Waals surface area contributed by atoms with Gasteiger partial charge < -0.3 is 33.8 Å². The number of phosphoric acid groups is 2. The maximum absolute atomic E-state index is 13.1. The van der Waals surface area contributed by atoms with Crippen molar-refractivity contribution in [2.75, 3.05) is 39.6 Å². The number of allylic oxidation sites excluding steroid dienone is 20. The Kier molecular flexibility index (Phi) is 73.3. The van der Waals surface area contributed by atoms with E-state index in [9.17, 15) is 43.2 Å². The molecule has 5 atom stereocenters. The average Bonchev–Trinajstić information content (AvgIpc) is 0.926. The van der Waals surface area contributed by atoms with Crippen LogP contribution in [0.4, 0.5) is 0 Å². The summed E-state index contributed by atoms with van der Waals surface area (Å²) in [5.41, 5.74) is 0. The van der Waals surface area contributed by atoms with E-state index in [1.165, 1.54) is 116 Å². The monoisotopic (exact) mass is 1500 g/mol. The van der Waals surface area contributed by atoms with Crippen molar-refractivity contribution in [1.82, 2.24) is 0 Å². The Bertz CT molecular complexity index is 2440. The number of carbonyl (C=O) groups excluding carboxylic acids is 4. The summed E-state index contributed by atoms with van der Waals surface area (Å²) in [6, 6.07) is 0. The van der Waals surface area contributed by atoms with Gasteiger partial charge in [-0.3, -0.25) is 37.3 Å². The van der Waals surface area contributed by atoms with Crippen molar-refractivity contribution in [3.63, 3.8) is 0 Å². The number of esters is 4. The molecule has 3 N–H and O–H groups in total. The van der Waals surface area contributed by atoms with Gasteiger partial charge in [-0.05, 0) is 154 Å². The SMILES string of the molecule is CCCCC/C=C\C/C=C\C/C=C\C/C=C\CCCC(=O)OC[C@H](COP(=O)(O)OC[C@@H](O)COP(=O)(O)OC[C@@H](COC(=O)CCCCCCC/C=C\CCCCCCCC)OC(=O)CCCCCCC/C=C\CCCCCCCC)OC(=O)CCC/C=C\C/C=C\C/C=C\C/C=C\CCCCC. The first-order valence-electron chi connectivity index (χ1n) is 40.8. The standard InChI is InChI=1S/C85H146O17P2/c1-5-9-13-17-21-25-29-33-37-39-43-46-50-54-58-62-66-70-83(88)96-76-81(102-85(90)72-68-64-60-56-52-48-44-40-38-34-30-26-22-18-14-10-6-2)78-100-104(93,94)98-74-79(86)73-97-103(91,92)99-77-80(101-84(89)71-67-63-59-55-51-47-42-36-32-28-24-20-16-12-8-4)75-95-82(87)69-65-61-57-53-49-45-41-35-31-27-23-19-15-11-7-3/h21-22,25-26,33-38,41-44,46,48,54,56,58,60,79-81,86H,5-20,23-24,27-32,39-40,45,47,49-53,55,57,59,61-78H2,1-4H3,(H,91,92)(H,93,94)/b25-21-,26-22-,37-33-,38-34-,41-35-,42-36-,46-43-,48-44-,58-54-,60-56-/t79-,80+,81+/m0/s1. The summed E-state index contributed by atoms with van der Waals surface area (Å²) < 4.78 is 68.5. The smallest absolute Gasteiger partial charge is 0.462 e. The van der Waals surface area contributed by atoms with Crippen LogP contribution in [-0.2, 0) is 65.4 Å². The summed E-state index contributed by atoms with van der Waals surface area (Å²) >= 11 is 0. The lowest BCUT2D eigenvalue weighted by Crippen LogP contribution is -2.30. The minimum Gasteiger partial charge on any atom is -0.462 e. The third kappa shape index (κ3) is 75.7. The average molecular weight is 1500 g/mol. The highest BCUT2D eigenvalue weighted by Crippen LogP contribution is 2.45. The van der Waals surface area contributed by atoms with Crippen LogP contribution in [0.1, 0.15) is 336 Å². The molecule has 0 saturated carbocycles. The summed E-state index contributed by atoms with van der Waals surface area (Å²) in [7, 11) is -10.00. The van der Waals surface area contributed by atoms with Crippen molar-refractivity contribution >= 4 is 39.5 Å². The van der Waals surface area contributed by atoms with E-state index in [0.29, 0.717) is 38.5 Å². The normalized spacial score (nSPS) is 14.5. The molecule has 17 nitrogen and oxygen atoms in total. The van der Waals surface area contributed by atoms with E-state index in [0.717, 1.165) is 128 Å². The van der Waals surface area contributed by atoms with Gasteiger partial charge in [0, 0.05) is 25.7 Å². The van der Waals surface area contributed by atoms with Crippen molar-refractivity contribution in [3.05, 3.63) is 122 Å². The summed E-state index contributed by atoms with van der Waals surface area (Å²) in [4.78, 5) is 73.0. The Hall–Kier alpha value is -4.54. The van der Waals surface area contributed by atoms with Crippen LogP contribution in [-0.4, -0.2) is 96.7 Å². The Balaban J connectivity index is 5.48. The Morgan fingerprint density at radius 3 is 0.798 bits per heavy atom. The number of carbonyl (C=O) groups is 4. The van der Waals surface area contributed by atoms with E-state index in [1.807, 2.05) is 24.3 Å². The third-order valence-corrected chi connectivity index (χ3v) is 18.8. The molecule has 0 aliphatic rings. The summed E-state index contributed by atoms with van der Waals surface area (Å²) in [5, 5.41) is 10.6. The lowest BCUT2D eigenvalue weighted by atomic mass is 10.1. The molecule has 104 heavy (non-hydrogen) atoms. The molecule has 0 fully saturated rings. The van der Waals surface area contributed by atoms with Crippen LogP contribution in [0.5, 0.6) is 0 Å². The molecule has 0 spiro atoms. The molecule has 0 rings (SSSR count). The van der Waals surface area contributed by atoms with Crippen molar-refractivity contribution in [2.45, 2.75) is 354 Å². The predicted octanol–water partition coefficient (Wildman–Crippen LogP) is 23.9. The van der Waals surface area contributed by atoms with Crippen LogP contribution >= 0.6 is 15.6 Å². The second-order valence-electron chi connectivity index (χ2n) is 27.0. The second-order valence-corrected chi connectivity index (χ2v) is 29.9. The van der Waals surface area contributed by atoms with E-state index < -0.39 is 97.5 Å². The van der Waals surface area contributed by atoms with Crippen LogP contribution in [0.15, 0.2) is 122 Å². The minimum absolute atomic E-state index is 0.00510. The van der Waals surface area contributed by atoms with Gasteiger partial charge in [0.15, 0.2) is 12.2 Å². The molecule has 0 aromatic rings. The fourth-order valence-corrected chi connectivity index (χ4v) is 12.2. The van der Waals surface area contributed by atoms with E-state index in [1.54, 1.807) is 0 Å². The lowest BCUT2D eigenvalue weighted by Gasteiger charge is -2.21. The summed E-state index contributed by atoms with van der Waals surface area (Å²) in [6.45, 7) is 4.69. The molecule has 0 saturated heterocycles. The van der Waals surface area contributed by atoms with E-state index in [4.69, 9.17) is 37.0 Å². The lowest BCUT2D eigenvalue weighted by molar-refractivity contribution is -0.161. The molecular formula is C85H146O17P2. The van der Waals surface area contributed by atoms with Gasteiger partial charge >= 0.3 is 39.5 Å². The zero-order valence-electron chi connectivity index (χ0n) is 65.4. The quantitative estimate of drug-likeness (QED) is 0.0169. The van der Waals surface area contributed by atoms with Crippen molar-refractivity contribution in [2.24, 2.45) is 0 Å². The van der Waals surface area contributed by atoms with Crippen molar-refractivity contribution in [1.29, 1.82) is 0 Å². The topological polar surface area (TPSA) is 237 Å². The molecule has 0 radical (unpaired) electrons. The molecule has 0 aliphatic carbocycles. The Morgan fingerprint density at radius 1 is 0.269 bits per heavy atom. The molecule has 2 unspecified atom stereocenters. The first-order valence-corrected chi connectivity index (χ1v) is 43.8. The highest BCUT2D eigenvalue weighted by molar-refractivity contribution is 7.47. The van der Waals surface area contributed by atoms with Crippen LogP contribution in [0, 0.1) is 0 Å². The molecule has 0 heterocycles. The molecular weight excluding hydrogens is 1350 g/mol. The molecule has 598 valence electrons. The maximum Gasteiger partial charge on any atom is 0.472 e. The Labute approximate surface area is 632 Å². The van der Waals surface area contributed by atoms with Gasteiger partial charge in [-0.2, -0.15) is 0 Å². The summed E-state index contributed by atoms with van der Waals surface area (Å²) in [5.74, 6) is -2.32. The molecule has 0 aromatic carbocycles. The zero-order chi connectivity index (χ0) is 76.0. The van der Waals surface area contributed by atoms with Crippen LogP contribution in [0.25, 0.3) is 0 Å². The van der Waals surface area contributed by atoms with Crippen molar-refractivity contribution in [3.8, 4) is 0 Å². The van der Waals surface area contributed by atoms with Gasteiger partial charge in [0.05, 0.1) is 26.4 Å². The summed E-state index contributed by atoms with van der Waals surface area (Å²) in [6.07, 6.45) is 84.7. The first kappa shape index (κ1) is 99.5. The number of aliphatic hydroxyl groups excluding tert-OH is 1. The van der Waals surface area contributed by atoms with Crippen LogP contribution in [0.2, 0.25) is 0 Å². The molecule has 0 bridgehead atoms. The molecule has 0 aromatic heterocycles. The maximum atomic E-state index is 13.1. The number of aliphatic hydroxyl groups is 1. The largest absolute Gasteiger partial charge is 0.472 e. The van der Waals surface area contributed by atoms with Gasteiger partial charge in [0.2, 0.25) is 0 Å². The first-order chi connectivity index (χ1) is 50.7.